The second kappa shape index (κ2) is 8.47. The van der Waals surface area contributed by atoms with Crippen molar-refractivity contribution in [1.82, 2.24) is 15.5 Å². The topological polar surface area (TPSA) is 61.4 Å². The molecule has 2 aliphatic heterocycles. The van der Waals surface area contributed by atoms with E-state index in [0.717, 1.165) is 38.8 Å². The summed E-state index contributed by atoms with van der Waals surface area (Å²) in [5.74, 6) is 0.212. The first kappa shape index (κ1) is 17.2. The van der Waals surface area contributed by atoms with Gasteiger partial charge in [-0.05, 0) is 45.6 Å². The highest BCUT2D eigenvalue weighted by molar-refractivity contribution is 5.85. The van der Waals surface area contributed by atoms with Gasteiger partial charge < -0.3 is 15.5 Å². The second-order valence-corrected chi connectivity index (χ2v) is 5.62. The summed E-state index contributed by atoms with van der Waals surface area (Å²) in [5, 5.41) is 6.02. The van der Waals surface area contributed by atoms with Crippen LogP contribution in [0, 0.1) is 0 Å². The zero-order valence-electron chi connectivity index (χ0n) is 12.2. The normalized spacial score (nSPS) is 25.9. The molecule has 2 aliphatic rings. The summed E-state index contributed by atoms with van der Waals surface area (Å²) in [7, 11) is 0. The molecule has 0 aromatic carbocycles. The molecule has 20 heavy (non-hydrogen) atoms. The highest BCUT2D eigenvalue weighted by Gasteiger charge is 2.24. The molecular weight excluding hydrogens is 278 g/mol. The first-order chi connectivity index (χ1) is 9.18. The molecule has 2 unspecified atom stereocenters. The fourth-order valence-electron chi connectivity index (χ4n) is 2.94. The molecule has 0 saturated carbocycles. The van der Waals surface area contributed by atoms with Crippen molar-refractivity contribution < 1.29 is 9.59 Å². The quantitative estimate of drug-likeness (QED) is 0.816. The lowest BCUT2D eigenvalue weighted by Crippen LogP contribution is -2.45. The predicted octanol–water partition coefficient (Wildman–Crippen LogP) is 1.07. The predicted molar refractivity (Wildman–Crippen MR) is 80.9 cm³/mol. The van der Waals surface area contributed by atoms with Crippen molar-refractivity contribution >= 4 is 24.2 Å². The van der Waals surface area contributed by atoms with Crippen LogP contribution in [-0.4, -0.2) is 48.4 Å². The summed E-state index contributed by atoms with van der Waals surface area (Å²) in [6.07, 6.45) is 5.81. The molecule has 0 aromatic heterocycles. The molecule has 2 rings (SSSR count). The van der Waals surface area contributed by atoms with Crippen molar-refractivity contribution in [3.63, 3.8) is 0 Å². The summed E-state index contributed by atoms with van der Waals surface area (Å²) >= 11 is 0. The second-order valence-electron chi connectivity index (χ2n) is 5.62. The van der Waals surface area contributed by atoms with E-state index in [1.807, 2.05) is 4.90 Å². The number of carbonyl (C=O) groups is 2. The van der Waals surface area contributed by atoms with Crippen molar-refractivity contribution in [3.8, 4) is 0 Å². The van der Waals surface area contributed by atoms with Crippen molar-refractivity contribution in [3.05, 3.63) is 0 Å². The van der Waals surface area contributed by atoms with Gasteiger partial charge in [-0.3, -0.25) is 9.59 Å². The average Bonchev–Trinajstić information content (AvgIpc) is 2.93. The van der Waals surface area contributed by atoms with Gasteiger partial charge >= 0.3 is 0 Å². The van der Waals surface area contributed by atoms with Gasteiger partial charge in [0, 0.05) is 25.6 Å². The number of nitrogens with zero attached hydrogens (tertiary/aromatic N) is 1. The summed E-state index contributed by atoms with van der Waals surface area (Å²) in [4.78, 5) is 25.8. The molecule has 2 heterocycles. The molecular formula is C14H26ClN3O2. The van der Waals surface area contributed by atoms with Gasteiger partial charge in [-0.15, -0.1) is 12.4 Å². The van der Waals surface area contributed by atoms with Crippen molar-refractivity contribution in [2.24, 2.45) is 0 Å². The van der Waals surface area contributed by atoms with E-state index in [-0.39, 0.29) is 30.3 Å². The lowest BCUT2D eigenvalue weighted by atomic mass is 10.0. The highest BCUT2D eigenvalue weighted by Crippen LogP contribution is 2.17. The van der Waals surface area contributed by atoms with Gasteiger partial charge in [-0.1, -0.05) is 0 Å². The largest absolute Gasteiger partial charge is 0.354 e. The standard InChI is InChI=1S/C14H25N3O2.ClH/c1-11-5-2-3-10-17(11)13(18)7-9-16-14(19)12-6-4-8-15-12;/h11-12,15H,2-10H2,1H3,(H,16,19);1H. The van der Waals surface area contributed by atoms with Gasteiger partial charge in [0.05, 0.1) is 6.04 Å². The van der Waals surface area contributed by atoms with Crippen LogP contribution in [0.25, 0.3) is 0 Å². The monoisotopic (exact) mass is 303 g/mol. The summed E-state index contributed by atoms with van der Waals surface area (Å²) < 4.78 is 0. The van der Waals surface area contributed by atoms with Gasteiger partial charge in [0.25, 0.3) is 0 Å². The lowest BCUT2D eigenvalue weighted by molar-refractivity contribution is -0.134. The van der Waals surface area contributed by atoms with Crippen LogP contribution in [-0.2, 0) is 9.59 Å². The van der Waals surface area contributed by atoms with E-state index in [0.29, 0.717) is 19.0 Å². The number of halogens is 1. The minimum Gasteiger partial charge on any atom is -0.354 e. The van der Waals surface area contributed by atoms with E-state index in [2.05, 4.69) is 17.6 Å². The molecule has 2 fully saturated rings. The minimum atomic E-state index is -0.0518. The van der Waals surface area contributed by atoms with Gasteiger partial charge in [-0.2, -0.15) is 0 Å². The number of amides is 2. The van der Waals surface area contributed by atoms with Crippen LogP contribution in [0.3, 0.4) is 0 Å². The maximum atomic E-state index is 12.1. The number of hydrogen-bond donors (Lipinski definition) is 2. The number of carbonyl (C=O) groups excluding carboxylic acids is 2. The number of likely N-dealkylation sites (tertiary alicyclic amines) is 1. The number of rotatable bonds is 4. The Balaban J connectivity index is 0.00000200. The molecule has 0 radical (unpaired) electrons. The lowest BCUT2D eigenvalue weighted by Gasteiger charge is -2.33. The maximum absolute atomic E-state index is 12.1. The SMILES string of the molecule is CC1CCCCN1C(=O)CCNC(=O)C1CCCN1.Cl. The molecule has 6 heteroatoms. The molecule has 0 spiro atoms. The Hall–Kier alpha value is -0.810. The summed E-state index contributed by atoms with van der Waals surface area (Å²) in [6, 6.07) is 0.303. The van der Waals surface area contributed by atoms with Crippen LogP contribution < -0.4 is 10.6 Å². The van der Waals surface area contributed by atoms with E-state index >= 15 is 0 Å². The van der Waals surface area contributed by atoms with Gasteiger partial charge in [0.1, 0.15) is 0 Å². The molecule has 2 atom stereocenters. The zero-order valence-corrected chi connectivity index (χ0v) is 13.0. The first-order valence-electron chi connectivity index (χ1n) is 7.49. The Kier molecular flexibility index (Phi) is 7.30. The third-order valence-electron chi connectivity index (χ3n) is 4.14. The summed E-state index contributed by atoms with van der Waals surface area (Å²) in [6.45, 7) is 4.36. The van der Waals surface area contributed by atoms with Crippen LogP contribution in [0.2, 0.25) is 0 Å². The van der Waals surface area contributed by atoms with Gasteiger partial charge in [-0.25, -0.2) is 0 Å². The Morgan fingerprint density at radius 3 is 2.70 bits per heavy atom. The third-order valence-corrected chi connectivity index (χ3v) is 4.14. The Bertz CT molecular complexity index is 332. The van der Waals surface area contributed by atoms with Crippen molar-refractivity contribution in [2.75, 3.05) is 19.6 Å². The summed E-state index contributed by atoms with van der Waals surface area (Å²) in [5.41, 5.74) is 0. The first-order valence-corrected chi connectivity index (χ1v) is 7.49. The third kappa shape index (κ3) is 4.63. The van der Waals surface area contributed by atoms with E-state index in [9.17, 15) is 9.59 Å². The molecule has 0 aliphatic carbocycles. The fraction of sp³-hybridized carbons (Fsp3) is 0.857. The Morgan fingerprint density at radius 1 is 1.25 bits per heavy atom. The Labute approximate surface area is 127 Å². The number of hydrogen-bond acceptors (Lipinski definition) is 3. The Morgan fingerprint density at radius 2 is 2.05 bits per heavy atom. The molecule has 0 bridgehead atoms. The van der Waals surface area contributed by atoms with Gasteiger partial charge in [0.15, 0.2) is 0 Å². The maximum Gasteiger partial charge on any atom is 0.237 e. The smallest absolute Gasteiger partial charge is 0.237 e. The molecule has 5 nitrogen and oxygen atoms in total. The van der Waals surface area contributed by atoms with Crippen molar-refractivity contribution in [2.45, 2.75) is 57.5 Å². The highest BCUT2D eigenvalue weighted by atomic mass is 35.5. The van der Waals surface area contributed by atoms with Gasteiger partial charge in [0.2, 0.25) is 11.8 Å². The molecule has 2 N–H and O–H groups in total. The van der Waals surface area contributed by atoms with Crippen LogP contribution >= 0.6 is 12.4 Å². The minimum absolute atomic E-state index is 0. The van der Waals surface area contributed by atoms with E-state index < -0.39 is 0 Å². The zero-order chi connectivity index (χ0) is 13.7. The fourth-order valence-corrected chi connectivity index (χ4v) is 2.94. The van der Waals surface area contributed by atoms with Crippen LogP contribution in [0.5, 0.6) is 0 Å². The molecule has 2 amide bonds. The van der Waals surface area contributed by atoms with Crippen LogP contribution in [0.1, 0.15) is 45.4 Å². The average molecular weight is 304 g/mol. The number of piperidine rings is 1. The van der Waals surface area contributed by atoms with E-state index in [4.69, 9.17) is 0 Å². The van der Waals surface area contributed by atoms with Crippen molar-refractivity contribution in [1.29, 1.82) is 0 Å². The molecule has 0 aromatic rings. The number of nitrogens with one attached hydrogen (secondary N) is 2. The molecule has 2 saturated heterocycles. The van der Waals surface area contributed by atoms with E-state index in [1.165, 1.54) is 6.42 Å². The van der Waals surface area contributed by atoms with Crippen LogP contribution in [0.4, 0.5) is 0 Å². The molecule has 116 valence electrons. The van der Waals surface area contributed by atoms with E-state index in [1.54, 1.807) is 0 Å². The van der Waals surface area contributed by atoms with Crippen LogP contribution in [0.15, 0.2) is 0 Å².